The Morgan fingerprint density at radius 2 is 1.88 bits per heavy atom. The maximum atomic E-state index is 12.8. The lowest BCUT2D eigenvalue weighted by Gasteiger charge is -2.19. The Labute approximate surface area is 160 Å². The molecule has 2 aromatic rings. The van der Waals surface area contributed by atoms with Gasteiger partial charge in [0, 0.05) is 30.2 Å². The summed E-state index contributed by atoms with van der Waals surface area (Å²) in [6.45, 7) is 5.65. The molecule has 1 N–H and O–H groups in total. The van der Waals surface area contributed by atoms with E-state index in [2.05, 4.69) is 4.72 Å². The van der Waals surface area contributed by atoms with E-state index in [1.165, 1.54) is 12.1 Å². The van der Waals surface area contributed by atoms with Crippen LogP contribution < -0.4 is 4.72 Å². The number of hydrogen-bond donors (Lipinski definition) is 1. The van der Waals surface area contributed by atoms with Gasteiger partial charge in [-0.1, -0.05) is 29.8 Å². The fraction of sp³-hybridized carbons (Fsp3) is 0.316. The topological polar surface area (TPSA) is 66.5 Å². The highest BCUT2D eigenvalue weighted by molar-refractivity contribution is 7.89. The predicted molar refractivity (Wildman–Crippen MR) is 104 cm³/mol. The summed E-state index contributed by atoms with van der Waals surface area (Å²) in [5.74, 6) is -0.246. The predicted octanol–water partition coefficient (Wildman–Crippen LogP) is 3.61. The van der Waals surface area contributed by atoms with E-state index in [0.717, 1.165) is 11.1 Å². The Morgan fingerprint density at radius 3 is 2.50 bits per heavy atom. The van der Waals surface area contributed by atoms with Crippen LogP contribution in [0.15, 0.2) is 47.4 Å². The molecular formula is C19H23ClN2O3S. The van der Waals surface area contributed by atoms with Gasteiger partial charge in [0.15, 0.2) is 0 Å². The average molecular weight is 395 g/mol. The van der Waals surface area contributed by atoms with Gasteiger partial charge in [0.05, 0.1) is 4.90 Å². The van der Waals surface area contributed by atoms with Crippen LogP contribution >= 0.6 is 11.6 Å². The molecule has 0 radical (unpaired) electrons. The van der Waals surface area contributed by atoms with Crippen LogP contribution in [0, 0.1) is 6.92 Å². The van der Waals surface area contributed by atoms with Crippen LogP contribution in [0.1, 0.15) is 35.3 Å². The molecule has 0 aliphatic heterocycles. The molecule has 0 heterocycles. The Kier molecular flexibility index (Phi) is 6.44. The number of halogens is 1. The molecule has 2 rings (SSSR count). The second kappa shape index (κ2) is 8.20. The van der Waals surface area contributed by atoms with Crippen molar-refractivity contribution in [3.05, 3.63) is 64.2 Å². The molecule has 0 saturated carbocycles. The quantitative estimate of drug-likeness (QED) is 0.813. The van der Waals surface area contributed by atoms with Crippen molar-refractivity contribution in [1.29, 1.82) is 0 Å². The summed E-state index contributed by atoms with van der Waals surface area (Å²) in [5.41, 5.74) is 1.98. The van der Waals surface area contributed by atoms with Gasteiger partial charge in [0.25, 0.3) is 5.91 Å². The monoisotopic (exact) mass is 394 g/mol. The van der Waals surface area contributed by atoms with Gasteiger partial charge < -0.3 is 4.90 Å². The van der Waals surface area contributed by atoms with Gasteiger partial charge in [-0.15, -0.1) is 0 Å². The molecule has 1 amide bonds. The third-order valence-corrected chi connectivity index (χ3v) is 5.69. The fourth-order valence-corrected chi connectivity index (χ4v) is 4.05. The molecule has 0 fully saturated rings. The van der Waals surface area contributed by atoms with Crippen LogP contribution in [-0.2, 0) is 16.6 Å². The van der Waals surface area contributed by atoms with E-state index in [4.69, 9.17) is 11.6 Å². The summed E-state index contributed by atoms with van der Waals surface area (Å²) in [5, 5.41) is 0.604. The van der Waals surface area contributed by atoms with E-state index >= 15 is 0 Å². The highest BCUT2D eigenvalue weighted by Crippen LogP contribution is 2.19. The van der Waals surface area contributed by atoms with Crippen LogP contribution in [0.2, 0.25) is 5.02 Å². The second-order valence-electron chi connectivity index (χ2n) is 6.54. The summed E-state index contributed by atoms with van der Waals surface area (Å²) < 4.78 is 27.3. The van der Waals surface area contributed by atoms with Crippen molar-refractivity contribution in [1.82, 2.24) is 9.62 Å². The fourth-order valence-electron chi connectivity index (χ4n) is 2.56. The Morgan fingerprint density at radius 1 is 1.19 bits per heavy atom. The third kappa shape index (κ3) is 5.06. The van der Waals surface area contributed by atoms with Gasteiger partial charge in [-0.05, 0) is 56.2 Å². The van der Waals surface area contributed by atoms with Crippen molar-refractivity contribution in [3.8, 4) is 0 Å². The van der Waals surface area contributed by atoms with Crippen LogP contribution in [0.5, 0.6) is 0 Å². The average Bonchev–Trinajstić information content (AvgIpc) is 2.53. The smallest absolute Gasteiger partial charge is 0.254 e. The zero-order valence-electron chi connectivity index (χ0n) is 15.3. The minimum Gasteiger partial charge on any atom is -0.337 e. The molecule has 7 heteroatoms. The molecule has 0 aromatic heterocycles. The van der Waals surface area contributed by atoms with Gasteiger partial charge in [0.1, 0.15) is 0 Å². The highest BCUT2D eigenvalue weighted by Gasteiger charge is 2.20. The molecule has 0 aliphatic carbocycles. The molecule has 140 valence electrons. The third-order valence-electron chi connectivity index (χ3n) is 3.80. The van der Waals surface area contributed by atoms with Crippen LogP contribution in [0.25, 0.3) is 0 Å². The minimum absolute atomic E-state index is 0.0799. The van der Waals surface area contributed by atoms with Crippen molar-refractivity contribution >= 4 is 27.5 Å². The summed E-state index contributed by atoms with van der Waals surface area (Å²) in [6.07, 6.45) is 0. The molecule has 0 spiro atoms. The van der Waals surface area contributed by atoms with Gasteiger partial charge in [-0.25, -0.2) is 13.1 Å². The summed E-state index contributed by atoms with van der Waals surface area (Å²) in [6, 6.07) is 11.6. The van der Waals surface area contributed by atoms with E-state index in [-0.39, 0.29) is 16.8 Å². The number of amides is 1. The lowest BCUT2D eigenvalue weighted by Crippen LogP contribution is -2.31. The van der Waals surface area contributed by atoms with E-state index in [1.807, 2.05) is 12.1 Å². The van der Waals surface area contributed by atoms with Crippen molar-refractivity contribution in [2.75, 3.05) is 7.05 Å². The van der Waals surface area contributed by atoms with Gasteiger partial charge in [0.2, 0.25) is 10.0 Å². The van der Waals surface area contributed by atoms with Gasteiger partial charge in [-0.3, -0.25) is 4.79 Å². The van der Waals surface area contributed by atoms with Crippen molar-refractivity contribution < 1.29 is 13.2 Å². The first-order valence-electron chi connectivity index (χ1n) is 8.23. The van der Waals surface area contributed by atoms with E-state index in [9.17, 15) is 13.2 Å². The van der Waals surface area contributed by atoms with Crippen molar-refractivity contribution in [2.45, 2.75) is 38.3 Å². The Balaban J connectivity index is 2.29. The lowest BCUT2D eigenvalue weighted by molar-refractivity contribution is 0.0784. The number of carbonyl (C=O) groups excluding carboxylic acids is 1. The van der Waals surface area contributed by atoms with Crippen LogP contribution in [0.4, 0.5) is 0 Å². The molecule has 2 aromatic carbocycles. The minimum atomic E-state index is -3.66. The molecule has 26 heavy (non-hydrogen) atoms. The van der Waals surface area contributed by atoms with Gasteiger partial charge in [-0.2, -0.15) is 0 Å². The first-order valence-corrected chi connectivity index (χ1v) is 10.1. The molecule has 0 aliphatic rings. The maximum absolute atomic E-state index is 12.8. The zero-order chi connectivity index (χ0) is 19.5. The number of nitrogens with zero attached hydrogens (tertiary/aromatic N) is 1. The number of hydrogen-bond acceptors (Lipinski definition) is 3. The normalized spacial score (nSPS) is 11.6. The summed E-state index contributed by atoms with van der Waals surface area (Å²) in [4.78, 5) is 14.5. The Bertz CT molecular complexity index is 911. The zero-order valence-corrected chi connectivity index (χ0v) is 16.9. The molecular weight excluding hydrogens is 372 g/mol. The second-order valence-corrected chi connectivity index (χ2v) is 8.69. The van der Waals surface area contributed by atoms with E-state index in [1.54, 1.807) is 50.9 Å². The number of carbonyl (C=O) groups is 1. The lowest BCUT2D eigenvalue weighted by atomic mass is 10.1. The number of aryl methyl sites for hydroxylation is 1. The van der Waals surface area contributed by atoms with E-state index < -0.39 is 10.0 Å². The van der Waals surface area contributed by atoms with Crippen LogP contribution in [-0.4, -0.2) is 32.3 Å². The molecule has 0 saturated heterocycles. The molecule has 5 nitrogen and oxygen atoms in total. The van der Waals surface area contributed by atoms with E-state index in [0.29, 0.717) is 17.1 Å². The first kappa shape index (κ1) is 20.4. The number of nitrogens with one attached hydrogen (secondary N) is 1. The standard InChI is InChI=1S/C19H23ClN2O3S/c1-13(2)21-26(24,25)17-9-8-14(3)18(11-17)19(23)22(4)12-15-6-5-7-16(20)10-15/h5-11,13,21H,12H2,1-4H3. The Hall–Kier alpha value is -1.89. The number of rotatable bonds is 6. The number of benzene rings is 2. The summed E-state index contributed by atoms with van der Waals surface area (Å²) in [7, 11) is -1.98. The first-order chi connectivity index (χ1) is 12.1. The van der Waals surface area contributed by atoms with Gasteiger partial charge >= 0.3 is 0 Å². The SMILES string of the molecule is Cc1ccc(S(=O)(=O)NC(C)C)cc1C(=O)N(C)Cc1cccc(Cl)c1. The van der Waals surface area contributed by atoms with Crippen molar-refractivity contribution in [2.24, 2.45) is 0 Å². The molecule has 0 atom stereocenters. The molecule has 0 bridgehead atoms. The molecule has 0 unspecified atom stereocenters. The maximum Gasteiger partial charge on any atom is 0.254 e. The number of sulfonamides is 1. The summed E-state index contributed by atoms with van der Waals surface area (Å²) >= 11 is 5.99. The highest BCUT2D eigenvalue weighted by atomic mass is 35.5. The van der Waals surface area contributed by atoms with Crippen molar-refractivity contribution in [3.63, 3.8) is 0 Å². The largest absolute Gasteiger partial charge is 0.337 e. The van der Waals surface area contributed by atoms with Crippen LogP contribution in [0.3, 0.4) is 0 Å².